The maximum absolute atomic E-state index is 12.5. The Morgan fingerprint density at radius 3 is 2.69 bits per heavy atom. The summed E-state index contributed by atoms with van der Waals surface area (Å²) in [5.41, 5.74) is 2.65. The zero-order valence-electron chi connectivity index (χ0n) is 14.9. The molecule has 1 unspecified atom stereocenters. The largest absolute Gasteiger partial charge is 0.456 e. The van der Waals surface area contributed by atoms with E-state index in [1.54, 1.807) is 23.1 Å². The molecule has 1 aliphatic rings. The highest BCUT2D eigenvalue weighted by Crippen LogP contribution is 2.23. The third-order valence-electron chi connectivity index (χ3n) is 4.69. The lowest BCUT2D eigenvalue weighted by Crippen LogP contribution is -2.41. The molecule has 0 N–H and O–H groups in total. The standard InChI is InChI=1S/C20H21NO4S/c1-13-7-8-15(11-14(13)2)17(22)12-25-20(24)16-5-3-9-21(16)19(23)18-6-4-10-26-18/h4,6-8,10-11,16H,3,5,9,12H2,1-2H3. The van der Waals surface area contributed by atoms with Gasteiger partial charge in [-0.3, -0.25) is 9.59 Å². The van der Waals surface area contributed by atoms with Crippen molar-refractivity contribution in [2.24, 2.45) is 0 Å². The fourth-order valence-corrected chi connectivity index (χ4v) is 3.71. The monoisotopic (exact) mass is 371 g/mol. The first-order valence-electron chi connectivity index (χ1n) is 8.59. The van der Waals surface area contributed by atoms with E-state index < -0.39 is 12.0 Å². The first-order chi connectivity index (χ1) is 12.5. The van der Waals surface area contributed by atoms with Crippen molar-refractivity contribution in [3.63, 3.8) is 0 Å². The van der Waals surface area contributed by atoms with Crippen LogP contribution in [0.4, 0.5) is 0 Å². The van der Waals surface area contributed by atoms with Crippen molar-refractivity contribution in [1.82, 2.24) is 4.90 Å². The first-order valence-corrected chi connectivity index (χ1v) is 9.47. The second-order valence-corrected chi connectivity index (χ2v) is 7.41. The normalized spacial score (nSPS) is 16.5. The number of hydrogen-bond acceptors (Lipinski definition) is 5. The van der Waals surface area contributed by atoms with Gasteiger partial charge in [0.1, 0.15) is 6.04 Å². The van der Waals surface area contributed by atoms with Gasteiger partial charge >= 0.3 is 5.97 Å². The molecule has 0 spiro atoms. The van der Waals surface area contributed by atoms with Gasteiger partial charge in [0.2, 0.25) is 0 Å². The van der Waals surface area contributed by atoms with Gasteiger partial charge in [-0.15, -0.1) is 11.3 Å². The molecule has 2 heterocycles. The summed E-state index contributed by atoms with van der Waals surface area (Å²) in [6.45, 7) is 4.13. The van der Waals surface area contributed by atoms with E-state index in [1.807, 2.05) is 31.4 Å². The van der Waals surface area contributed by atoms with Crippen molar-refractivity contribution in [1.29, 1.82) is 0 Å². The van der Waals surface area contributed by atoms with Crippen LogP contribution in [-0.4, -0.2) is 41.8 Å². The molecule has 1 fully saturated rings. The summed E-state index contributed by atoms with van der Waals surface area (Å²) in [5, 5.41) is 1.83. The summed E-state index contributed by atoms with van der Waals surface area (Å²) in [6, 6.07) is 8.36. The smallest absolute Gasteiger partial charge is 0.329 e. The number of Topliss-reactive ketones (excluding diaryl/α,β-unsaturated/α-hetero) is 1. The summed E-state index contributed by atoms with van der Waals surface area (Å²) < 4.78 is 5.23. The van der Waals surface area contributed by atoms with Gasteiger partial charge < -0.3 is 9.64 Å². The molecule has 2 aromatic rings. The predicted molar refractivity (Wildman–Crippen MR) is 99.6 cm³/mol. The number of amides is 1. The van der Waals surface area contributed by atoms with Gasteiger partial charge in [-0.05, 0) is 55.3 Å². The maximum atomic E-state index is 12.5. The van der Waals surface area contributed by atoms with Gasteiger partial charge in [-0.25, -0.2) is 4.79 Å². The molecule has 1 saturated heterocycles. The van der Waals surface area contributed by atoms with Gasteiger partial charge in [-0.2, -0.15) is 0 Å². The van der Waals surface area contributed by atoms with E-state index >= 15 is 0 Å². The Kier molecular flexibility index (Phi) is 5.52. The number of hydrogen-bond donors (Lipinski definition) is 0. The van der Waals surface area contributed by atoms with E-state index in [0.717, 1.165) is 17.5 Å². The van der Waals surface area contributed by atoms with E-state index in [4.69, 9.17) is 4.74 Å². The Morgan fingerprint density at radius 1 is 1.19 bits per heavy atom. The van der Waals surface area contributed by atoms with Gasteiger partial charge in [0.15, 0.2) is 12.4 Å². The van der Waals surface area contributed by atoms with Crippen LogP contribution in [-0.2, 0) is 9.53 Å². The topological polar surface area (TPSA) is 63.7 Å². The molecular weight excluding hydrogens is 350 g/mol. The van der Waals surface area contributed by atoms with Crippen molar-refractivity contribution in [3.05, 3.63) is 57.3 Å². The van der Waals surface area contributed by atoms with Gasteiger partial charge in [0.05, 0.1) is 4.88 Å². The third kappa shape index (κ3) is 3.85. The molecule has 0 saturated carbocycles. The summed E-state index contributed by atoms with van der Waals surface area (Å²) in [4.78, 5) is 39.4. The Balaban J connectivity index is 1.61. The molecule has 26 heavy (non-hydrogen) atoms. The lowest BCUT2D eigenvalue weighted by atomic mass is 10.0. The second kappa shape index (κ2) is 7.83. The number of carbonyl (C=O) groups is 3. The predicted octanol–water partition coefficient (Wildman–Crippen LogP) is 3.40. The average molecular weight is 371 g/mol. The van der Waals surface area contributed by atoms with Crippen LogP contribution in [0.3, 0.4) is 0 Å². The minimum Gasteiger partial charge on any atom is -0.456 e. The molecule has 1 aromatic heterocycles. The lowest BCUT2D eigenvalue weighted by Gasteiger charge is -2.22. The number of ketones is 1. The Hall–Kier alpha value is -2.47. The summed E-state index contributed by atoms with van der Waals surface area (Å²) in [6.07, 6.45) is 1.32. The SMILES string of the molecule is Cc1ccc(C(=O)COC(=O)C2CCCN2C(=O)c2cccs2)cc1C. The summed E-state index contributed by atoms with van der Waals surface area (Å²) in [7, 11) is 0. The minimum atomic E-state index is -0.614. The molecular formula is C20H21NO4S. The average Bonchev–Trinajstić information content (AvgIpc) is 3.32. The molecule has 5 nitrogen and oxygen atoms in total. The molecule has 1 atom stereocenters. The number of rotatable bonds is 5. The highest BCUT2D eigenvalue weighted by molar-refractivity contribution is 7.12. The lowest BCUT2D eigenvalue weighted by molar-refractivity contribution is -0.147. The fraction of sp³-hybridized carbons (Fsp3) is 0.350. The summed E-state index contributed by atoms with van der Waals surface area (Å²) in [5.74, 6) is -0.903. The van der Waals surface area contributed by atoms with Crippen LogP contribution in [0, 0.1) is 13.8 Å². The number of thiophene rings is 1. The van der Waals surface area contributed by atoms with E-state index in [2.05, 4.69) is 0 Å². The van der Waals surface area contributed by atoms with Crippen LogP contribution < -0.4 is 0 Å². The van der Waals surface area contributed by atoms with Crippen molar-refractivity contribution >= 4 is 29.0 Å². The van der Waals surface area contributed by atoms with Crippen LogP contribution in [0.25, 0.3) is 0 Å². The van der Waals surface area contributed by atoms with Crippen LogP contribution in [0.5, 0.6) is 0 Å². The molecule has 1 aliphatic heterocycles. The van der Waals surface area contributed by atoms with Crippen molar-refractivity contribution < 1.29 is 19.1 Å². The number of aryl methyl sites for hydroxylation is 2. The molecule has 1 amide bonds. The number of carbonyl (C=O) groups excluding carboxylic acids is 3. The van der Waals surface area contributed by atoms with Crippen LogP contribution in [0.1, 0.15) is 44.0 Å². The highest BCUT2D eigenvalue weighted by atomic mass is 32.1. The summed E-state index contributed by atoms with van der Waals surface area (Å²) >= 11 is 1.35. The quantitative estimate of drug-likeness (QED) is 0.597. The van der Waals surface area contributed by atoms with Crippen molar-refractivity contribution in [3.8, 4) is 0 Å². The van der Waals surface area contributed by atoms with E-state index in [-0.39, 0.29) is 18.3 Å². The number of benzene rings is 1. The van der Waals surface area contributed by atoms with Gasteiger partial charge in [0.25, 0.3) is 5.91 Å². The Labute approximate surface area is 156 Å². The highest BCUT2D eigenvalue weighted by Gasteiger charge is 2.36. The maximum Gasteiger partial charge on any atom is 0.329 e. The van der Waals surface area contributed by atoms with Crippen molar-refractivity contribution in [2.45, 2.75) is 32.7 Å². The van der Waals surface area contributed by atoms with Crippen LogP contribution in [0.2, 0.25) is 0 Å². The molecule has 3 rings (SSSR count). The Morgan fingerprint density at radius 2 is 2.00 bits per heavy atom. The number of ether oxygens (including phenoxy) is 1. The van der Waals surface area contributed by atoms with E-state index in [1.165, 1.54) is 11.3 Å². The number of likely N-dealkylation sites (tertiary alicyclic amines) is 1. The molecule has 0 aliphatic carbocycles. The van der Waals surface area contributed by atoms with E-state index in [9.17, 15) is 14.4 Å². The van der Waals surface area contributed by atoms with E-state index in [0.29, 0.717) is 23.4 Å². The fourth-order valence-electron chi connectivity index (χ4n) is 3.03. The van der Waals surface area contributed by atoms with Gasteiger partial charge in [0, 0.05) is 12.1 Å². The van der Waals surface area contributed by atoms with Crippen molar-refractivity contribution in [2.75, 3.05) is 13.2 Å². The number of esters is 1. The zero-order valence-corrected chi connectivity index (χ0v) is 15.7. The Bertz CT molecular complexity index is 828. The second-order valence-electron chi connectivity index (χ2n) is 6.46. The third-order valence-corrected chi connectivity index (χ3v) is 5.55. The first kappa shape index (κ1) is 18.3. The molecule has 1 aromatic carbocycles. The number of nitrogens with zero attached hydrogens (tertiary/aromatic N) is 1. The molecule has 136 valence electrons. The van der Waals surface area contributed by atoms with Crippen LogP contribution in [0.15, 0.2) is 35.7 Å². The minimum absolute atomic E-state index is 0.153. The zero-order chi connectivity index (χ0) is 18.7. The molecule has 0 bridgehead atoms. The molecule has 0 radical (unpaired) electrons. The van der Waals surface area contributed by atoms with Crippen LogP contribution >= 0.6 is 11.3 Å². The van der Waals surface area contributed by atoms with Gasteiger partial charge in [-0.1, -0.05) is 18.2 Å². The molecule has 6 heteroatoms.